The molecule has 0 fully saturated rings. The molecule has 0 amide bonds. The first kappa shape index (κ1) is 21.8. The van der Waals surface area contributed by atoms with Crippen LogP contribution < -0.4 is 19.8 Å². The first-order valence-electron chi connectivity index (χ1n) is 9.84. The highest BCUT2D eigenvalue weighted by Crippen LogP contribution is 2.37. The SMILES string of the molecule is CCC=CCCOc1cccc2c(OC(=O)c3ccccc3)c(OC(C)=O)c(=O)oc12. The van der Waals surface area contributed by atoms with E-state index < -0.39 is 23.3 Å². The van der Waals surface area contributed by atoms with Gasteiger partial charge in [0, 0.05) is 6.92 Å². The molecule has 1 heterocycles. The minimum atomic E-state index is -0.958. The number of esters is 2. The van der Waals surface area contributed by atoms with Crippen molar-refractivity contribution in [3.63, 3.8) is 0 Å². The van der Waals surface area contributed by atoms with Crippen molar-refractivity contribution in [2.45, 2.75) is 26.7 Å². The normalized spacial score (nSPS) is 10.9. The second-order valence-electron chi connectivity index (χ2n) is 6.55. The summed E-state index contributed by atoms with van der Waals surface area (Å²) >= 11 is 0. The number of fused-ring (bicyclic) bond motifs is 1. The second kappa shape index (κ2) is 10.2. The fraction of sp³-hybridized carbons (Fsp3) is 0.208. The molecule has 3 rings (SSSR count). The number of hydrogen-bond donors (Lipinski definition) is 0. The monoisotopic (exact) mass is 422 g/mol. The van der Waals surface area contributed by atoms with Crippen LogP contribution in [-0.4, -0.2) is 18.5 Å². The third-order valence-electron chi connectivity index (χ3n) is 4.20. The Morgan fingerprint density at radius 3 is 2.45 bits per heavy atom. The van der Waals surface area contributed by atoms with Gasteiger partial charge in [-0.3, -0.25) is 4.79 Å². The van der Waals surface area contributed by atoms with Crippen molar-refractivity contribution >= 4 is 22.9 Å². The minimum absolute atomic E-state index is 0.0961. The highest BCUT2D eigenvalue weighted by molar-refractivity contribution is 5.97. The number of rotatable bonds is 8. The van der Waals surface area contributed by atoms with Gasteiger partial charge in [-0.25, -0.2) is 9.59 Å². The molecule has 0 radical (unpaired) electrons. The van der Waals surface area contributed by atoms with Crippen LogP contribution in [0.4, 0.5) is 0 Å². The van der Waals surface area contributed by atoms with Gasteiger partial charge >= 0.3 is 17.6 Å². The van der Waals surface area contributed by atoms with E-state index >= 15 is 0 Å². The third-order valence-corrected chi connectivity index (χ3v) is 4.20. The largest absolute Gasteiger partial charge is 0.489 e. The number of benzene rings is 2. The van der Waals surface area contributed by atoms with E-state index in [9.17, 15) is 14.4 Å². The zero-order valence-corrected chi connectivity index (χ0v) is 17.3. The Labute approximate surface area is 178 Å². The van der Waals surface area contributed by atoms with E-state index in [2.05, 4.69) is 0 Å². The summed E-state index contributed by atoms with van der Waals surface area (Å²) < 4.78 is 21.6. The van der Waals surface area contributed by atoms with Crippen molar-refractivity contribution in [3.05, 3.63) is 76.7 Å². The van der Waals surface area contributed by atoms with Crippen LogP contribution in [0.5, 0.6) is 17.2 Å². The summed E-state index contributed by atoms with van der Waals surface area (Å²) in [5, 5.41) is 0.265. The molecule has 160 valence electrons. The fourth-order valence-corrected chi connectivity index (χ4v) is 2.85. The Hall–Kier alpha value is -3.87. The van der Waals surface area contributed by atoms with Crippen LogP contribution in [0, 0.1) is 0 Å². The molecular formula is C24H22O7. The summed E-state index contributed by atoms with van der Waals surface area (Å²) in [5.74, 6) is -1.85. The Morgan fingerprint density at radius 1 is 0.968 bits per heavy atom. The van der Waals surface area contributed by atoms with Crippen molar-refractivity contribution in [1.82, 2.24) is 0 Å². The molecule has 3 aromatic rings. The van der Waals surface area contributed by atoms with E-state index in [4.69, 9.17) is 18.6 Å². The number of carbonyl (C=O) groups is 2. The predicted molar refractivity (Wildman–Crippen MR) is 115 cm³/mol. The molecule has 0 bridgehead atoms. The van der Waals surface area contributed by atoms with Gasteiger partial charge in [0.15, 0.2) is 17.1 Å². The summed E-state index contributed by atoms with van der Waals surface area (Å²) in [7, 11) is 0. The summed E-state index contributed by atoms with van der Waals surface area (Å²) in [5.41, 5.74) is -0.591. The zero-order valence-electron chi connectivity index (χ0n) is 17.3. The summed E-state index contributed by atoms with van der Waals surface area (Å²) in [4.78, 5) is 36.7. The molecular weight excluding hydrogens is 400 g/mol. The topological polar surface area (TPSA) is 92.0 Å². The highest BCUT2D eigenvalue weighted by atomic mass is 16.6. The molecule has 1 aromatic heterocycles. The van der Waals surface area contributed by atoms with Crippen LogP contribution in [0.1, 0.15) is 37.0 Å². The maximum absolute atomic E-state index is 12.6. The lowest BCUT2D eigenvalue weighted by Gasteiger charge is -2.13. The molecule has 31 heavy (non-hydrogen) atoms. The van der Waals surface area contributed by atoms with Gasteiger partial charge in [0.1, 0.15) is 0 Å². The summed E-state index contributed by atoms with van der Waals surface area (Å²) in [6.45, 7) is 3.54. The molecule has 0 spiro atoms. The summed E-state index contributed by atoms with van der Waals surface area (Å²) in [6, 6.07) is 13.1. The predicted octanol–water partition coefficient (Wildman–Crippen LogP) is 4.67. The Morgan fingerprint density at radius 2 is 1.74 bits per heavy atom. The lowest BCUT2D eigenvalue weighted by Crippen LogP contribution is -2.16. The van der Waals surface area contributed by atoms with E-state index in [0.717, 1.165) is 13.3 Å². The van der Waals surface area contributed by atoms with Gasteiger partial charge < -0.3 is 18.6 Å². The fourth-order valence-electron chi connectivity index (χ4n) is 2.85. The molecule has 0 saturated heterocycles. The zero-order chi connectivity index (χ0) is 22.2. The molecule has 0 atom stereocenters. The van der Waals surface area contributed by atoms with Gasteiger partial charge in [0.2, 0.25) is 0 Å². The van der Waals surface area contributed by atoms with Gasteiger partial charge in [-0.2, -0.15) is 0 Å². The van der Waals surface area contributed by atoms with Crippen LogP contribution in [0.3, 0.4) is 0 Å². The standard InChI is InChI=1S/C24H22O7/c1-3-4-5-9-15-28-19-14-10-13-18-20(19)30-24(27)22(29-16(2)25)21(18)31-23(26)17-11-7-6-8-12-17/h4-8,10-14H,3,9,15H2,1-2H3. The van der Waals surface area contributed by atoms with Crippen LogP contribution in [0.15, 0.2) is 69.9 Å². The van der Waals surface area contributed by atoms with E-state index in [1.54, 1.807) is 48.5 Å². The third kappa shape index (κ3) is 5.39. The van der Waals surface area contributed by atoms with Crippen molar-refractivity contribution in [2.24, 2.45) is 0 Å². The van der Waals surface area contributed by atoms with Gasteiger partial charge in [-0.1, -0.05) is 43.3 Å². The van der Waals surface area contributed by atoms with Crippen molar-refractivity contribution in [3.8, 4) is 17.2 Å². The smallest absolute Gasteiger partial charge is 0.383 e. The average molecular weight is 422 g/mol. The lowest BCUT2D eigenvalue weighted by molar-refractivity contribution is -0.132. The Balaban J connectivity index is 2.05. The van der Waals surface area contributed by atoms with E-state index in [1.165, 1.54) is 0 Å². The van der Waals surface area contributed by atoms with Gasteiger partial charge in [-0.15, -0.1) is 0 Å². The molecule has 2 aromatic carbocycles. The second-order valence-corrected chi connectivity index (χ2v) is 6.55. The molecule has 0 unspecified atom stereocenters. The van der Waals surface area contributed by atoms with E-state index in [0.29, 0.717) is 18.8 Å². The molecule has 0 N–H and O–H groups in total. The quantitative estimate of drug-likeness (QED) is 0.225. The van der Waals surface area contributed by atoms with Gasteiger partial charge in [0.25, 0.3) is 5.75 Å². The van der Waals surface area contributed by atoms with Crippen LogP contribution in [0.25, 0.3) is 11.0 Å². The van der Waals surface area contributed by atoms with Crippen molar-refractivity contribution in [2.75, 3.05) is 6.61 Å². The molecule has 7 nitrogen and oxygen atoms in total. The number of hydrogen-bond acceptors (Lipinski definition) is 7. The van der Waals surface area contributed by atoms with Crippen molar-refractivity contribution < 1.29 is 28.2 Å². The molecule has 0 aliphatic carbocycles. The first-order chi connectivity index (χ1) is 15.0. The minimum Gasteiger partial charge on any atom is -0.489 e. The number of carbonyl (C=O) groups excluding carboxylic acids is 2. The Bertz CT molecular complexity index is 1160. The van der Waals surface area contributed by atoms with Gasteiger partial charge in [0.05, 0.1) is 17.6 Å². The molecule has 0 aliphatic heterocycles. The number of para-hydroxylation sites is 1. The molecule has 7 heteroatoms. The summed E-state index contributed by atoms with van der Waals surface area (Å²) in [6.07, 6.45) is 5.63. The molecule has 0 aliphatic rings. The molecule has 0 saturated carbocycles. The highest BCUT2D eigenvalue weighted by Gasteiger charge is 2.24. The average Bonchev–Trinajstić information content (AvgIpc) is 2.76. The lowest BCUT2D eigenvalue weighted by atomic mass is 10.2. The van der Waals surface area contributed by atoms with Crippen molar-refractivity contribution in [1.29, 1.82) is 0 Å². The maximum Gasteiger partial charge on any atom is 0.383 e. The van der Waals surface area contributed by atoms with E-state index in [1.807, 2.05) is 19.1 Å². The van der Waals surface area contributed by atoms with Gasteiger partial charge in [-0.05, 0) is 37.1 Å². The Kier molecular flexibility index (Phi) is 7.22. The van der Waals surface area contributed by atoms with Crippen LogP contribution >= 0.6 is 0 Å². The maximum atomic E-state index is 12.6. The van der Waals surface area contributed by atoms with E-state index in [-0.39, 0.29) is 22.3 Å². The number of ether oxygens (including phenoxy) is 3. The first-order valence-corrected chi connectivity index (χ1v) is 9.84. The van der Waals surface area contributed by atoms with Crippen LogP contribution in [0.2, 0.25) is 0 Å². The number of allylic oxidation sites excluding steroid dienone is 1. The van der Waals surface area contributed by atoms with Crippen LogP contribution in [-0.2, 0) is 4.79 Å².